The van der Waals surface area contributed by atoms with Crippen molar-refractivity contribution in [2.45, 2.75) is 31.0 Å². The molecule has 0 heterocycles. The van der Waals surface area contributed by atoms with Crippen LogP contribution in [0, 0.1) is 0 Å². The van der Waals surface area contributed by atoms with E-state index in [0.717, 1.165) is 6.08 Å². The third-order valence-corrected chi connectivity index (χ3v) is 2.97. The quantitative estimate of drug-likeness (QED) is 0.830. The summed E-state index contributed by atoms with van der Waals surface area (Å²) in [6, 6.07) is 5.94. The van der Waals surface area contributed by atoms with Crippen LogP contribution in [0.15, 0.2) is 36.9 Å². The summed E-state index contributed by atoms with van der Waals surface area (Å²) in [5, 5.41) is 9.82. The lowest BCUT2D eigenvalue weighted by Gasteiger charge is -2.28. The van der Waals surface area contributed by atoms with Gasteiger partial charge in [-0.25, -0.2) is 0 Å². The first-order chi connectivity index (χ1) is 8.71. The van der Waals surface area contributed by atoms with E-state index in [1.165, 1.54) is 32.2 Å². The maximum atomic E-state index is 13.2. The summed E-state index contributed by atoms with van der Waals surface area (Å²) in [6.07, 6.45) is -3.86. The Balaban J connectivity index is 3.21. The number of para-hydroxylation sites is 1. The number of methoxy groups -OCH3 is 1. The van der Waals surface area contributed by atoms with Gasteiger partial charge in [0.05, 0.1) is 18.6 Å². The van der Waals surface area contributed by atoms with Crippen molar-refractivity contribution in [1.29, 1.82) is 0 Å². The van der Waals surface area contributed by atoms with Gasteiger partial charge in [-0.05, 0) is 19.4 Å². The van der Waals surface area contributed by atoms with Gasteiger partial charge in [0.25, 0.3) is 0 Å². The molecule has 2 nitrogen and oxygen atoms in total. The smallest absolute Gasteiger partial charge is 0.395 e. The van der Waals surface area contributed by atoms with E-state index in [1.807, 2.05) is 0 Å². The van der Waals surface area contributed by atoms with Gasteiger partial charge in [-0.3, -0.25) is 0 Å². The van der Waals surface area contributed by atoms with Crippen molar-refractivity contribution in [2.24, 2.45) is 0 Å². The van der Waals surface area contributed by atoms with Crippen LogP contribution in [0.3, 0.4) is 0 Å². The first-order valence-electron chi connectivity index (χ1n) is 5.77. The molecule has 0 saturated carbocycles. The molecule has 0 aliphatic rings. The number of hydrogen-bond acceptors (Lipinski definition) is 2. The average Bonchev–Trinajstić information content (AvgIpc) is 2.35. The Morgan fingerprint density at radius 1 is 1.37 bits per heavy atom. The topological polar surface area (TPSA) is 29.5 Å². The van der Waals surface area contributed by atoms with Crippen molar-refractivity contribution in [3.63, 3.8) is 0 Å². The van der Waals surface area contributed by atoms with Crippen molar-refractivity contribution >= 4 is 0 Å². The minimum Gasteiger partial charge on any atom is -0.496 e. The average molecular weight is 274 g/mol. The molecule has 19 heavy (non-hydrogen) atoms. The lowest BCUT2D eigenvalue weighted by Crippen LogP contribution is -2.31. The summed E-state index contributed by atoms with van der Waals surface area (Å²) < 4.78 is 44.5. The Bertz CT molecular complexity index is 439. The van der Waals surface area contributed by atoms with Crippen LogP contribution < -0.4 is 4.74 Å². The van der Waals surface area contributed by atoms with Gasteiger partial charge in [-0.2, -0.15) is 13.2 Å². The number of halogens is 3. The number of hydrogen-bond donors (Lipinski definition) is 1. The van der Waals surface area contributed by atoms with Gasteiger partial charge >= 0.3 is 6.18 Å². The Labute approximate surface area is 110 Å². The van der Waals surface area contributed by atoms with Crippen LogP contribution in [0.1, 0.15) is 24.8 Å². The normalized spacial score (nSPS) is 16.5. The molecule has 106 valence electrons. The molecule has 0 spiro atoms. The number of ether oxygens (including phenoxy) is 1. The van der Waals surface area contributed by atoms with Crippen molar-refractivity contribution in [1.82, 2.24) is 0 Å². The molecule has 5 heteroatoms. The van der Waals surface area contributed by atoms with E-state index in [-0.39, 0.29) is 11.3 Å². The van der Waals surface area contributed by atoms with Crippen molar-refractivity contribution < 1.29 is 23.0 Å². The van der Waals surface area contributed by atoms with Gasteiger partial charge in [0, 0.05) is 5.56 Å². The molecule has 0 radical (unpaired) electrons. The minimum atomic E-state index is -4.47. The van der Waals surface area contributed by atoms with Crippen LogP contribution in [0.5, 0.6) is 5.75 Å². The molecule has 0 saturated heterocycles. The summed E-state index contributed by atoms with van der Waals surface area (Å²) >= 11 is 0. The molecule has 1 rings (SSSR count). The standard InChI is InChI=1S/C14H17F3O2/c1-4-13(2,18)9-11(14(15,16)17)10-7-5-6-8-12(10)19-3/h4-8,11,18H,1,9H2,2-3H3. The number of rotatable bonds is 5. The third-order valence-electron chi connectivity index (χ3n) is 2.97. The highest BCUT2D eigenvalue weighted by molar-refractivity contribution is 5.37. The van der Waals surface area contributed by atoms with Crippen molar-refractivity contribution in [2.75, 3.05) is 7.11 Å². The highest BCUT2D eigenvalue weighted by Crippen LogP contribution is 2.43. The van der Waals surface area contributed by atoms with Crippen molar-refractivity contribution in [3.8, 4) is 5.75 Å². The number of aliphatic hydroxyl groups is 1. The second-order valence-corrected chi connectivity index (χ2v) is 4.60. The van der Waals surface area contributed by atoms with Crippen molar-refractivity contribution in [3.05, 3.63) is 42.5 Å². The Morgan fingerprint density at radius 3 is 2.42 bits per heavy atom. The fourth-order valence-electron chi connectivity index (χ4n) is 1.85. The second-order valence-electron chi connectivity index (χ2n) is 4.60. The largest absolute Gasteiger partial charge is 0.496 e. The van der Waals surface area contributed by atoms with Gasteiger partial charge in [0.2, 0.25) is 0 Å². The fourth-order valence-corrected chi connectivity index (χ4v) is 1.85. The zero-order valence-corrected chi connectivity index (χ0v) is 10.9. The molecule has 0 amide bonds. The minimum absolute atomic E-state index is 0.0135. The van der Waals surface area contributed by atoms with Gasteiger partial charge in [0.15, 0.2) is 0 Å². The Morgan fingerprint density at radius 2 is 1.95 bits per heavy atom. The zero-order valence-electron chi connectivity index (χ0n) is 10.9. The molecule has 0 bridgehead atoms. The zero-order chi connectivity index (χ0) is 14.7. The molecule has 1 N–H and O–H groups in total. The highest BCUT2D eigenvalue weighted by atomic mass is 19.4. The van der Waals surface area contributed by atoms with Crippen LogP contribution in [0.25, 0.3) is 0 Å². The molecule has 2 unspecified atom stereocenters. The molecule has 2 atom stereocenters. The lowest BCUT2D eigenvalue weighted by atomic mass is 9.86. The van der Waals surface area contributed by atoms with E-state index >= 15 is 0 Å². The summed E-state index contributed by atoms with van der Waals surface area (Å²) in [6.45, 7) is 4.65. The Hall–Kier alpha value is -1.49. The predicted octanol–water partition coefficient (Wildman–Crippen LogP) is 3.67. The van der Waals surface area contributed by atoms with E-state index in [1.54, 1.807) is 6.07 Å². The molecule has 0 aromatic heterocycles. The predicted molar refractivity (Wildman–Crippen MR) is 67.2 cm³/mol. The third kappa shape index (κ3) is 3.99. The molecule has 0 aliphatic heterocycles. The second kappa shape index (κ2) is 5.65. The molecule has 1 aromatic rings. The summed E-state index contributed by atoms with van der Waals surface area (Å²) in [7, 11) is 1.32. The van der Waals surface area contributed by atoms with E-state index < -0.39 is 24.1 Å². The maximum Gasteiger partial charge on any atom is 0.395 e. The summed E-state index contributed by atoms with van der Waals surface area (Å²) in [4.78, 5) is 0. The van der Waals surface area contributed by atoms with Crippen LogP contribution in [-0.4, -0.2) is 24.0 Å². The van der Waals surface area contributed by atoms with Gasteiger partial charge in [-0.15, -0.1) is 6.58 Å². The van der Waals surface area contributed by atoms with Crippen LogP contribution in [0.4, 0.5) is 13.2 Å². The molecule has 0 fully saturated rings. The van der Waals surface area contributed by atoms with Crippen LogP contribution in [-0.2, 0) is 0 Å². The number of alkyl halides is 3. The molecular weight excluding hydrogens is 257 g/mol. The van der Waals surface area contributed by atoms with E-state index in [4.69, 9.17) is 4.74 Å². The SMILES string of the molecule is C=CC(C)(O)CC(c1ccccc1OC)C(F)(F)F. The monoisotopic (exact) mass is 274 g/mol. The van der Waals surface area contributed by atoms with Gasteiger partial charge in [-0.1, -0.05) is 24.3 Å². The van der Waals surface area contributed by atoms with E-state index in [9.17, 15) is 18.3 Å². The maximum absolute atomic E-state index is 13.2. The fraction of sp³-hybridized carbons (Fsp3) is 0.429. The first kappa shape index (κ1) is 15.6. The molecular formula is C14H17F3O2. The van der Waals surface area contributed by atoms with Crippen LogP contribution >= 0.6 is 0 Å². The Kier molecular flexibility index (Phi) is 4.63. The van der Waals surface area contributed by atoms with E-state index in [0.29, 0.717) is 0 Å². The van der Waals surface area contributed by atoms with Gasteiger partial charge in [0.1, 0.15) is 5.75 Å². The summed E-state index contributed by atoms with van der Waals surface area (Å²) in [5.74, 6) is -1.65. The van der Waals surface area contributed by atoms with Gasteiger partial charge < -0.3 is 9.84 Å². The lowest BCUT2D eigenvalue weighted by molar-refractivity contribution is -0.160. The highest BCUT2D eigenvalue weighted by Gasteiger charge is 2.44. The first-order valence-corrected chi connectivity index (χ1v) is 5.77. The van der Waals surface area contributed by atoms with Crippen LogP contribution in [0.2, 0.25) is 0 Å². The molecule has 0 aliphatic carbocycles. The molecule has 1 aromatic carbocycles. The van der Waals surface area contributed by atoms with E-state index in [2.05, 4.69) is 6.58 Å². The summed E-state index contributed by atoms with van der Waals surface area (Å²) in [5.41, 5.74) is -1.58. The number of benzene rings is 1.